The SMILES string of the molecule is CCCCCCN(CCO)S(=O)(=O)c1ccc(C(=O)O)o1. The van der Waals surface area contributed by atoms with Gasteiger partial charge < -0.3 is 14.6 Å². The Hall–Kier alpha value is -1.38. The summed E-state index contributed by atoms with van der Waals surface area (Å²) in [4.78, 5) is 10.7. The van der Waals surface area contributed by atoms with Crippen LogP contribution >= 0.6 is 0 Å². The maximum Gasteiger partial charge on any atom is 0.371 e. The summed E-state index contributed by atoms with van der Waals surface area (Å²) >= 11 is 0. The number of hydrogen-bond acceptors (Lipinski definition) is 5. The maximum atomic E-state index is 12.4. The van der Waals surface area contributed by atoms with Crippen molar-refractivity contribution >= 4 is 16.0 Å². The molecule has 0 fully saturated rings. The van der Waals surface area contributed by atoms with Gasteiger partial charge in [0, 0.05) is 13.1 Å². The molecule has 0 spiro atoms. The zero-order chi connectivity index (χ0) is 15.9. The molecule has 1 rings (SSSR count). The smallest absolute Gasteiger partial charge is 0.371 e. The second-order valence-corrected chi connectivity index (χ2v) is 6.48. The van der Waals surface area contributed by atoms with Crippen molar-refractivity contribution < 1.29 is 27.8 Å². The molecule has 0 amide bonds. The molecule has 0 aromatic carbocycles. The van der Waals surface area contributed by atoms with Crippen LogP contribution in [0.3, 0.4) is 0 Å². The van der Waals surface area contributed by atoms with Crippen molar-refractivity contribution in [3.8, 4) is 0 Å². The zero-order valence-electron chi connectivity index (χ0n) is 12.0. The van der Waals surface area contributed by atoms with Crippen molar-refractivity contribution in [3.63, 3.8) is 0 Å². The molecule has 0 saturated heterocycles. The van der Waals surface area contributed by atoms with Crippen molar-refractivity contribution in [2.24, 2.45) is 0 Å². The lowest BCUT2D eigenvalue weighted by molar-refractivity contribution is 0.0656. The minimum Gasteiger partial charge on any atom is -0.475 e. The summed E-state index contributed by atoms with van der Waals surface area (Å²) in [5.41, 5.74) is 0. The van der Waals surface area contributed by atoms with Crippen molar-refractivity contribution in [1.82, 2.24) is 4.31 Å². The molecule has 7 nitrogen and oxygen atoms in total. The molecule has 0 aliphatic carbocycles. The third-order valence-electron chi connectivity index (χ3n) is 3.00. The molecule has 0 aliphatic heterocycles. The number of furan rings is 1. The van der Waals surface area contributed by atoms with E-state index in [1.807, 2.05) is 0 Å². The molecule has 120 valence electrons. The van der Waals surface area contributed by atoms with Gasteiger partial charge in [0.2, 0.25) is 10.9 Å². The summed E-state index contributed by atoms with van der Waals surface area (Å²) in [6.07, 6.45) is 3.62. The lowest BCUT2D eigenvalue weighted by Crippen LogP contribution is -2.34. The molecule has 0 atom stereocenters. The van der Waals surface area contributed by atoms with E-state index in [-0.39, 0.29) is 19.7 Å². The number of carboxylic acid groups (broad SMARTS) is 1. The van der Waals surface area contributed by atoms with Crippen molar-refractivity contribution in [1.29, 1.82) is 0 Å². The first kappa shape index (κ1) is 17.7. The Morgan fingerprint density at radius 2 is 1.95 bits per heavy atom. The quantitative estimate of drug-likeness (QED) is 0.633. The van der Waals surface area contributed by atoms with Gasteiger partial charge in [-0.2, -0.15) is 4.31 Å². The van der Waals surface area contributed by atoms with Gasteiger partial charge in [0.1, 0.15) is 0 Å². The molecule has 0 saturated carbocycles. The second kappa shape index (κ2) is 8.16. The van der Waals surface area contributed by atoms with Crippen LogP contribution in [0.4, 0.5) is 0 Å². The highest BCUT2D eigenvalue weighted by atomic mass is 32.2. The molecule has 1 heterocycles. The number of nitrogens with zero attached hydrogens (tertiary/aromatic N) is 1. The molecule has 0 bridgehead atoms. The molecule has 2 N–H and O–H groups in total. The maximum absolute atomic E-state index is 12.4. The third-order valence-corrected chi connectivity index (χ3v) is 4.77. The van der Waals surface area contributed by atoms with Crippen LogP contribution in [0.15, 0.2) is 21.6 Å². The predicted octanol–water partition coefficient (Wildman–Crippen LogP) is 1.54. The topological polar surface area (TPSA) is 108 Å². The number of aliphatic hydroxyl groups is 1. The number of carboxylic acids is 1. The normalized spacial score (nSPS) is 12.0. The monoisotopic (exact) mass is 319 g/mol. The van der Waals surface area contributed by atoms with Gasteiger partial charge >= 0.3 is 5.97 Å². The van der Waals surface area contributed by atoms with E-state index in [0.717, 1.165) is 35.7 Å². The van der Waals surface area contributed by atoms with Gasteiger partial charge in [0.05, 0.1) is 6.61 Å². The van der Waals surface area contributed by atoms with E-state index >= 15 is 0 Å². The number of unbranched alkanes of at least 4 members (excludes halogenated alkanes) is 3. The molecule has 1 aromatic heterocycles. The first-order chi connectivity index (χ1) is 9.93. The Balaban J connectivity index is 2.84. The molecule has 0 radical (unpaired) electrons. The summed E-state index contributed by atoms with van der Waals surface area (Å²) in [6, 6.07) is 2.22. The molecule has 0 aliphatic rings. The first-order valence-electron chi connectivity index (χ1n) is 6.87. The largest absolute Gasteiger partial charge is 0.475 e. The van der Waals surface area contributed by atoms with Crippen LogP contribution in [0.25, 0.3) is 0 Å². The second-order valence-electron chi connectivity index (χ2n) is 4.61. The number of aliphatic hydroxyl groups excluding tert-OH is 1. The first-order valence-corrected chi connectivity index (χ1v) is 8.31. The number of hydrogen-bond donors (Lipinski definition) is 2. The highest BCUT2D eigenvalue weighted by Gasteiger charge is 2.28. The van der Waals surface area contributed by atoms with E-state index in [9.17, 15) is 13.2 Å². The fraction of sp³-hybridized carbons (Fsp3) is 0.615. The third kappa shape index (κ3) is 4.83. The zero-order valence-corrected chi connectivity index (χ0v) is 12.8. The van der Waals surface area contributed by atoms with Crippen LogP contribution in [-0.2, 0) is 10.0 Å². The summed E-state index contributed by atoms with van der Waals surface area (Å²) in [5, 5.41) is 17.4. The Morgan fingerprint density at radius 3 is 2.48 bits per heavy atom. The fourth-order valence-corrected chi connectivity index (χ4v) is 3.26. The number of carbonyl (C=O) groups is 1. The van der Waals surface area contributed by atoms with Crippen LogP contribution in [0, 0.1) is 0 Å². The van der Waals surface area contributed by atoms with Crippen molar-refractivity contribution in [2.45, 2.75) is 37.7 Å². The molecule has 1 aromatic rings. The number of rotatable bonds is 10. The Bertz CT molecular complexity index is 551. The van der Waals surface area contributed by atoms with E-state index in [0.29, 0.717) is 6.42 Å². The molecule has 8 heteroatoms. The highest BCUT2D eigenvalue weighted by Crippen LogP contribution is 2.19. The van der Waals surface area contributed by atoms with E-state index in [1.165, 1.54) is 0 Å². The summed E-state index contributed by atoms with van der Waals surface area (Å²) in [7, 11) is -3.92. The van der Waals surface area contributed by atoms with Crippen molar-refractivity contribution in [2.75, 3.05) is 19.7 Å². The Kier molecular flexibility index (Phi) is 6.86. The van der Waals surface area contributed by atoms with Gasteiger partial charge in [0.25, 0.3) is 10.0 Å². The van der Waals surface area contributed by atoms with E-state index in [1.54, 1.807) is 0 Å². The van der Waals surface area contributed by atoms with Crippen molar-refractivity contribution in [3.05, 3.63) is 17.9 Å². The van der Waals surface area contributed by atoms with Gasteiger partial charge in [-0.15, -0.1) is 0 Å². The lowest BCUT2D eigenvalue weighted by Gasteiger charge is -2.19. The van der Waals surface area contributed by atoms with Gasteiger partial charge in [-0.1, -0.05) is 26.2 Å². The Labute approximate surface area is 124 Å². The van der Waals surface area contributed by atoms with Crippen LogP contribution in [-0.4, -0.2) is 48.6 Å². The Morgan fingerprint density at radius 1 is 1.24 bits per heavy atom. The molecule has 21 heavy (non-hydrogen) atoms. The minimum atomic E-state index is -3.92. The lowest BCUT2D eigenvalue weighted by atomic mass is 10.2. The molecule has 0 unspecified atom stereocenters. The fourth-order valence-electron chi connectivity index (χ4n) is 1.88. The summed E-state index contributed by atoms with van der Waals surface area (Å²) < 4.78 is 30.7. The molecular weight excluding hydrogens is 298 g/mol. The number of sulfonamides is 1. The predicted molar refractivity (Wildman–Crippen MR) is 75.7 cm³/mol. The van der Waals surface area contributed by atoms with Crippen LogP contribution in [0.1, 0.15) is 43.2 Å². The van der Waals surface area contributed by atoms with E-state index < -0.39 is 26.8 Å². The average Bonchev–Trinajstić information content (AvgIpc) is 2.92. The van der Waals surface area contributed by atoms with E-state index in [4.69, 9.17) is 14.6 Å². The van der Waals surface area contributed by atoms with Gasteiger partial charge in [-0.05, 0) is 18.6 Å². The summed E-state index contributed by atoms with van der Waals surface area (Å²) in [6.45, 7) is 1.97. The summed E-state index contributed by atoms with van der Waals surface area (Å²) in [5.74, 6) is -1.75. The molecular formula is C13H21NO6S. The van der Waals surface area contributed by atoms with E-state index in [2.05, 4.69) is 6.92 Å². The van der Waals surface area contributed by atoms with Gasteiger partial charge in [-0.3, -0.25) is 0 Å². The van der Waals surface area contributed by atoms with Crippen LogP contribution < -0.4 is 0 Å². The van der Waals surface area contributed by atoms with Gasteiger partial charge in [0.15, 0.2) is 0 Å². The number of aromatic carboxylic acids is 1. The standard InChI is InChI=1S/C13H21NO6S/c1-2-3-4-5-8-14(9-10-15)21(18,19)12-7-6-11(20-12)13(16)17/h6-7,15H,2-5,8-10H2,1H3,(H,16,17). The van der Waals surface area contributed by atoms with Crippen LogP contribution in [0.5, 0.6) is 0 Å². The highest BCUT2D eigenvalue weighted by molar-refractivity contribution is 7.89. The minimum absolute atomic E-state index is 0.0441. The van der Waals surface area contributed by atoms with Gasteiger partial charge in [-0.25, -0.2) is 13.2 Å². The van der Waals surface area contributed by atoms with Crippen LogP contribution in [0.2, 0.25) is 0 Å². The average molecular weight is 319 g/mol.